The molecule has 0 radical (unpaired) electrons. The van der Waals surface area contributed by atoms with Crippen molar-refractivity contribution in [1.82, 2.24) is 0 Å². The van der Waals surface area contributed by atoms with Gasteiger partial charge in [-0.2, -0.15) is 0 Å². The van der Waals surface area contributed by atoms with Crippen molar-refractivity contribution in [3.05, 3.63) is 85.1 Å². The summed E-state index contributed by atoms with van der Waals surface area (Å²) in [4.78, 5) is 30.6. The molecule has 0 aliphatic heterocycles. The number of Topliss-reactive ketones (excluding diaryl/α,β-unsaturated/α-hetero) is 1. The van der Waals surface area contributed by atoms with Crippen molar-refractivity contribution in [2.75, 3.05) is 4.90 Å². The zero-order chi connectivity index (χ0) is 31.4. The van der Waals surface area contributed by atoms with Gasteiger partial charge in [0, 0.05) is 41.2 Å². The first-order valence-corrected chi connectivity index (χ1v) is 15.4. The molecule has 3 N–H and O–H groups in total. The number of ketones is 2. The highest BCUT2D eigenvalue weighted by Crippen LogP contribution is 2.62. The third-order valence-electron chi connectivity index (χ3n) is 10.4. The van der Waals surface area contributed by atoms with E-state index in [1.54, 1.807) is 19.2 Å². The predicted molar refractivity (Wildman–Crippen MR) is 171 cm³/mol. The summed E-state index contributed by atoms with van der Waals surface area (Å²) >= 11 is 0. The van der Waals surface area contributed by atoms with Gasteiger partial charge in [-0.1, -0.05) is 82.6 Å². The van der Waals surface area contributed by atoms with Crippen LogP contribution in [0.4, 0.5) is 11.4 Å². The first-order chi connectivity index (χ1) is 20.2. The molecular formula is C37H45NO5. The van der Waals surface area contributed by atoms with Crippen LogP contribution in [-0.4, -0.2) is 43.7 Å². The van der Waals surface area contributed by atoms with Crippen LogP contribution in [0.15, 0.2) is 85.1 Å². The number of para-hydroxylation sites is 1. The lowest BCUT2D eigenvalue weighted by atomic mass is 9.41. The molecule has 3 aromatic carbocycles. The highest BCUT2D eigenvalue weighted by atomic mass is 16.3. The second kappa shape index (κ2) is 11.0. The lowest BCUT2D eigenvalue weighted by Crippen LogP contribution is -2.76. The Labute approximate surface area is 255 Å². The van der Waals surface area contributed by atoms with Gasteiger partial charge in [-0.25, -0.2) is 0 Å². The van der Waals surface area contributed by atoms with Crippen molar-refractivity contribution in [1.29, 1.82) is 0 Å². The summed E-state index contributed by atoms with van der Waals surface area (Å²) in [6, 6.07) is 24.0. The predicted octanol–water partition coefficient (Wildman–Crippen LogP) is 6.59. The molecule has 2 aliphatic rings. The van der Waals surface area contributed by atoms with Crippen molar-refractivity contribution in [3.8, 4) is 0 Å². The first kappa shape index (κ1) is 31.1. The molecule has 8 atom stereocenters. The fourth-order valence-corrected chi connectivity index (χ4v) is 8.96. The van der Waals surface area contributed by atoms with E-state index in [0.29, 0.717) is 12.8 Å². The van der Waals surface area contributed by atoms with Crippen LogP contribution in [0.5, 0.6) is 0 Å². The van der Waals surface area contributed by atoms with Gasteiger partial charge in [-0.05, 0) is 73.2 Å². The van der Waals surface area contributed by atoms with Crippen molar-refractivity contribution in [3.63, 3.8) is 0 Å². The molecule has 5 rings (SSSR count). The second-order valence-corrected chi connectivity index (χ2v) is 13.8. The Hall–Kier alpha value is -3.32. The molecule has 2 saturated carbocycles. The Kier molecular flexibility index (Phi) is 7.95. The Balaban J connectivity index is 1.64. The molecule has 0 bridgehead atoms. The van der Waals surface area contributed by atoms with Gasteiger partial charge in [0.2, 0.25) is 0 Å². The Morgan fingerprint density at radius 2 is 1.58 bits per heavy atom. The number of benzene rings is 3. The molecule has 0 aromatic heterocycles. The fourth-order valence-electron chi connectivity index (χ4n) is 8.96. The van der Waals surface area contributed by atoms with Gasteiger partial charge in [0.05, 0.1) is 5.60 Å². The van der Waals surface area contributed by atoms with Crippen LogP contribution < -0.4 is 4.90 Å². The maximum atomic E-state index is 14.7. The summed E-state index contributed by atoms with van der Waals surface area (Å²) in [6.45, 7) is 10.7. The van der Waals surface area contributed by atoms with Gasteiger partial charge in [0.25, 0.3) is 0 Å². The molecule has 2 fully saturated rings. The zero-order valence-corrected chi connectivity index (χ0v) is 26.1. The largest absolute Gasteiger partial charge is 0.390 e. The van der Waals surface area contributed by atoms with Gasteiger partial charge < -0.3 is 20.2 Å². The molecule has 0 heterocycles. The van der Waals surface area contributed by atoms with Gasteiger partial charge >= 0.3 is 0 Å². The Morgan fingerprint density at radius 3 is 2.23 bits per heavy atom. The topological polar surface area (TPSA) is 98.1 Å². The van der Waals surface area contributed by atoms with E-state index in [0.717, 1.165) is 22.1 Å². The highest BCUT2D eigenvalue weighted by Gasteiger charge is 2.73. The van der Waals surface area contributed by atoms with Crippen LogP contribution in [0.3, 0.4) is 0 Å². The van der Waals surface area contributed by atoms with E-state index < -0.39 is 39.8 Å². The minimum atomic E-state index is -2.05. The van der Waals surface area contributed by atoms with Crippen molar-refractivity contribution < 1.29 is 24.9 Å². The molecule has 2 aliphatic carbocycles. The van der Waals surface area contributed by atoms with Crippen LogP contribution in [0.1, 0.15) is 60.8 Å². The number of hydrogen-bond donors (Lipinski definition) is 3. The van der Waals surface area contributed by atoms with Crippen molar-refractivity contribution in [2.24, 2.45) is 29.1 Å². The number of carbonyl (C=O) groups excluding carboxylic acids is 2. The molecule has 0 spiro atoms. The average Bonchev–Trinajstić information content (AvgIpc) is 2.95. The molecule has 228 valence electrons. The maximum Gasteiger partial charge on any atom is 0.196 e. The molecule has 6 nitrogen and oxygen atoms in total. The number of aliphatic hydroxyl groups is 3. The highest BCUT2D eigenvalue weighted by molar-refractivity contribution is 6.03. The molecular weight excluding hydrogens is 538 g/mol. The molecule has 3 aromatic rings. The van der Waals surface area contributed by atoms with E-state index in [-0.39, 0.29) is 24.0 Å². The van der Waals surface area contributed by atoms with E-state index >= 15 is 0 Å². The van der Waals surface area contributed by atoms with Crippen LogP contribution in [0.2, 0.25) is 0 Å². The maximum absolute atomic E-state index is 14.7. The number of anilines is 2. The van der Waals surface area contributed by atoms with Crippen LogP contribution >= 0.6 is 0 Å². The van der Waals surface area contributed by atoms with Crippen LogP contribution in [0, 0.1) is 29.1 Å². The zero-order valence-electron chi connectivity index (χ0n) is 26.1. The van der Waals surface area contributed by atoms with Gasteiger partial charge in [-0.15, -0.1) is 0 Å². The third kappa shape index (κ3) is 5.13. The quantitative estimate of drug-likeness (QED) is 0.272. The third-order valence-corrected chi connectivity index (χ3v) is 10.4. The minimum absolute atomic E-state index is 0.189. The number of allylic oxidation sites excluding steroid dienone is 1. The monoisotopic (exact) mass is 583 g/mol. The lowest BCUT2D eigenvalue weighted by Gasteiger charge is -2.64. The molecule has 6 heteroatoms. The van der Waals surface area contributed by atoms with Crippen molar-refractivity contribution >= 4 is 33.7 Å². The number of rotatable bonds is 7. The Bertz CT molecular complexity index is 1540. The van der Waals surface area contributed by atoms with E-state index in [9.17, 15) is 24.9 Å². The van der Waals surface area contributed by atoms with E-state index in [2.05, 4.69) is 24.3 Å². The van der Waals surface area contributed by atoms with Crippen LogP contribution in [-0.2, 0) is 9.59 Å². The van der Waals surface area contributed by atoms with Gasteiger partial charge in [-0.3, -0.25) is 9.59 Å². The SMILES string of the molecule is CCC(C)C1C(C)(O)C(=O)C2(O)CC(C)(O)CC(C)C2C1(C)C(=O)C=CN(c1ccccc1)c1ccc2ccccc2c1. The Morgan fingerprint density at radius 1 is 0.953 bits per heavy atom. The normalized spacial score (nSPS) is 35.1. The average molecular weight is 584 g/mol. The molecule has 0 saturated heterocycles. The molecule has 0 amide bonds. The number of nitrogens with zero attached hydrogens (tertiary/aromatic N) is 1. The van der Waals surface area contributed by atoms with Crippen molar-refractivity contribution in [2.45, 2.75) is 77.6 Å². The van der Waals surface area contributed by atoms with E-state index in [1.807, 2.05) is 81.1 Å². The second-order valence-electron chi connectivity index (χ2n) is 13.8. The molecule has 43 heavy (non-hydrogen) atoms. The summed E-state index contributed by atoms with van der Waals surface area (Å²) in [5.74, 6) is -3.02. The number of fused-ring (bicyclic) bond motifs is 2. The number of hydrogen-bond acceptors (Lipinski definition) is 6. The summed E-state index contributed by atoms with van der Waals surface area (Å²) in [6.07, 6.45) is 4.06. The first-order valence-electron chi connectivity index (χ1n) is 15.4. The van der Waals surface area contributed by atoms with E-state index in [1.165, 1.54) is 6.92 Å². The summed E-state index contributed by atoms with van der Waals surface area (Å²) in [7, 11) is 0. The lowest BCUT2D eigenvalue weighted by molar-refractivity contribution is -0.244. The molecule has 8 unspecified atom stereocenters. The fraction of sp³-hybridized carbons (Fsp3) is 0.459. The van der Waals surface area contributed by atoms with Gasteiger partial charge in [0.1, 0.15) is 11.2 Å². The smallest absolute Gasteiger partial charge is 0.196 e. The number of carbonyl (C=O) groups is 2. The van der Waals surface area contributed by atoms with E-state index in [4.69, 9.17) is 0 Å². The standard InChI is InChI=1S/C37H45NO5/c1-7-24(2)31-35(5,32-25(3)22-34(4,41)23-37(32,43)33(40)36(31,6)42)30(39)19-20-38(28-15-9-8-10-16-28)29-18-17-26-13-11-12-14-27(26)21-29/h8-21,24-25,31-32,41-43H,7,22-23H2,1-6H3. The van der Waals surface area contributed by atoms with Crippen LogP contribution in [0.25, 0.3) is 10.8 Å². The van der Waals surface area contributed by atoms with Gasteiger partial charge in [0.15, 0.2) is 11.6 Å². The minimum Gasteiger partial charge on any atom is -0.390 e. The summed E-state index contributed by atoms with van der Waals surface area (Å²) in [5.41, 5.74) is -4.87. The summed E-state index contributed by atoms with van der Waals surface area (Å²) in [5, 5.41) is 37.3. The summed E-state index contributed by atoms with van der Waals surface area (Å²) < 4.78 is 0.